The van der Waals surface area contributed by atoms with Gasteiger partial charge in [-0.2, -0.15) is 0 Å². The predicted molar refractivity (Wildman–Crippen MR) is 84.8 cm³/mol. The van der Waals surface area contributed by atoms with Crippen LogP contribution >= 0.6 is 15.9 Å². The summed E-state index contributed by atoms with van der Waals surface area (Å²) in [7, 11) is 0. The molecule has 0 saturated heterocycles. The summed E-state index contributed by atoms with van der Waals surface area (Å²) < 4.78 is 6.87. The minimum absolute atomic E-state index is 0.596. The molecule has 0 spiro atoms. The van der Waals surface area contributed by atoms with Crippen LogP contribution in [0.5, 0.6) is 5.75 Å². The SMILES string of the molecule is Brc1cc(CNC2CC2)ccc1OCc1ccccc1. The number of nitrogens with one attached hydrogen (secondary N) is 1. The second-order valence-electron chi connectivity index (χ2n) is 5.19. The zero-order valence-corrected chi connectivity index (χ0v) is 12.9. The summed E-state index contributed by atoms with van der Waals surface area (Å²) in [5.41, 5.74) is 2.47. The standard InChI is InChI=1S/C17H18BrNO/c18-16-10-14(11-19-15-7-8-15)6-9-17(16)20-12-13-4-2-1-3-5-13/h1-6,9-10,15,19H,7-8,11-12H2. The summed E-state index contributed by atoms with van der Waals surface area (Å²) in [6.45, 7) is 1.53. The quantitative estimate of drug-likeness (QED) is 0.852. The van der Waals surface area contributed by atoms with E-state index in [1.807, 2.05) is 24.3 Å². The van der Waals surface area contributed by atoms with Gasteiger partial charge < -0.3 is 10.1 Å². The molecule has 1 aliphatic carbocycles. The molecule has 1 aliphatic rings. The van der Waals surface area contributed by atoms with Crippen LogP contribution in [0.15, 0.2) is 53.0 Å². The van der Waals surface area contributed by atoms with Gasteiger partial charge >= 0.3 is 0 Å². The van der Waals surface area contributed by atoms with Crippen LogP contribution in [0.1, 0.15) is 24.0 Å². The molecule has 2 nitrogen and oxygen atoms in total. The Morgan fingerprint density at radius 3 is 2.55 bits per heavy atom. The smallest absolute Gasteiger partial charge is 0.134 e. The number of benzene rings is 2. The van der Waals surface area contributed by atoms with E-state index < -0.39 is 0 Å². The van der Waals surface area contributed by atoms with Crippen LogP contribution in [0.25, 0.3) is 0 Å². The van der Waals surface area contributed by atoms with Gasteiger partial charge in [-0.1, -0.05) is 36.4 Å². The van der Waals surface area contributed by atoms with Crippen LogP contribution in [-0.2, 0) is 13.2 Å². The highest BCUT2D eigenvalue weighted by molar-refractivity contribution is 9.10. The maximum atomic E-state index is 5.85. The molecule has 3 heteroatoms. The Hall–Kier alpha value is -1.32. The third-order valence-electron chi connectivity index (χ3n) is 3.41. The molecular formula is C17H18BrNO. The maximum Gasteiger partial charge on any atom is 0.134 e. The van der Waals surface area contributed by atoms with Crippen molar-refractivity contribution in [3.05, 3.63) is 64.1 Å². The van der Waals surface area contributed by atoms with E-state index in [0.29, 0.717) is 6.61 Å². The molecule has 0 heterocycles. The van der Waals surface area contributed by atoms with E-state index in [0.717, 1.165) is 22.8 Å². The van der Waals surface area contributed by atoms with E-state index in [2.05, 4.69) is 45.5 Å². The molecule has 20 heavy (non-hydrogen) atoms. The number of halogens is 1. The van der Waals surface area contributed by atoms with E-state index in [1.54, 1.807) is 0 Å². The zero-order chi connectivity index (χ0) is 13.8. The molecule has 0 atom stereocenters. The fourth-order valence-corrected chi connectivity index (χ4v) is 2.60. The maximum absolute atomic E-state index is 5.85. The van der Waals surface area contributed by atoms with E-state index >= 15 is 0 Å². The van der Waals surface area contributed by atoms with E-state index in [-0.39, 0.29) is 0 Å². The van der Waals surface area contributed by atoms with Crippen LogP contribution in [0, 0.1) is 0 Å². The fraction of sp³-hybridized carbons (Fsp3) is 0.294. The number of rotatable bonds is 6. The van der Waals surface area contributed by atoms with Gasteiger partial charge in [0.1, 0.15) is 12.4 Å². The van der Waals surface area contributed by atoms with Gasteiger partial charge in [0.15, 0.2) is 0 Å². The zero-order valence-electron chi connectivity index (χ0n) is 11.3. The molecule has 1 N–H and O–H groups in total. The van der Waals surface area contributed by atoms with Crippen LogP contribution in [0.3, 0.4) is 0 Å². The Labute approximate surface area is 128 Å². The van der Waals surface area contributed by atoms with Crippen molar-refractivity contribution in [3.63, 3.8) is 0 Å². The summed E-state index contributed by atoms with van der Waals surface area (Å²) in [4.78, 5) is 0. The molecule has 2 aromatic carbocycles. The number of ether oxygens (including phenoxy) is 1. The summed E-state index contributed by atoms with van der Waals surface area (Å²) >= 11 is 3.59. The van der Waals surface area contributed by atoms with Gasteiger partial charge in [-0.05, 0) is 52.0 Å². The Kier molecular flexibility index (Phi) is 4.38. The lowest BCUT2D eigenvalue weighted by molar-refractivity contribution is 0.304. The predicted octanol–water partition coefficient (Wildman–Crippen LogP) is 4.28. The molecule has 1 saturated carbocycles. The third kappa shape index (κ3) is 3.84. The minimum Gasteiger partial charge on any atom is -0.488 e. The average Bonchev–Trinajstić information content (AvgIpc) is 3.29. The largest absolute Gasteiger partial charge is 0.488 e. The molecule has 3 rings (SSSR count). The third-order valence-corrected chi connectivity index (χ3v) is 4.03. The van der Waals surface area contributed by atoms with Gasteiger partial charge in [0.2, 0.25) is 0 Å². The minimum atomic E-state index is 0.596. The molecule has 2 aromatic rings. The van der Waals surface area contributed by atoms with Gasteiger partial charge in [0, 0.05) is 12.6 Å². The number of hydrogen-bond acceptors (Lipinski definition) is 2. The van der Waals surface area contributed by atoms with Crippen LogP contribution in [0.4, 0.5) is 0 Å². The van der Waals surface area contributed by atoms with Gasteiger partial charge in [0.25, 0.3) is 0 Å². The van der Waals surface area contributed by atoms with Gasteiger partial charge in [-0.15, -0.1) is 0 Å². The molecule has 1 fully saturated rings. The Morgan fingerprint density at radius 1 is 1.05 bits per heavy atom. The first-order valence-corrected chi connectivity index (χ1v) is 7.79. The topological polar surface area (TPSA) is 21.3 Å². The van der Waals surface area contributed by atoms with Crippen LogP contribution in [-0.4, -0.2) is 6.04 Å². The second-order valence-corrected chi connectivity index (χ2v) is 6.05. The van der Waals surface area contributed by atoms with Gasteiger partial charge in [-0.25, -0.2) is 0 Å². The second kappa shape index (κ2) is 6.42. The van der Waals surface area contributed by atoms with Gasteiger partial charge in [-0.3, -0.25) is 0 Å². The molecular weight excluding hydrogens is 314 g/mol. The molecule has 0 bridgehead atoms. The monoisotopic (exact) mass is 331 g/mol. The van der Waals surface area contributed by atoms with E-state index in [1.165, 1.54) is 24.0 Å². The van der Waals surface area contributed by atoms with Crippen molar-refractivity contribution in [3.8, 4) is 5.75 Å². The molecule has 0 aliphatic heterocycles. The molecule has 0 radical (unpaired) electrons. The van der Waals surface area contributed by atoms with Crippen LogP contribution in [0.2, 0.25) is 0 Å². The summed E-state index contributed by atoms with van der Waals surface area (Å²) in [6.07, 6.45) is 2.64. The first-order valence-electron chi connectivity index (χ1n) is 7.00. The summed E-state index contributed by atoms with van der Waals surface area (Å²) in [6, 6.07) is 17.3. The van der Waals surface area contributed by atoms with Crippen molar-refractivity contribution < 1.29 is 4.74 Å². The highest BCUT2D eigenvalue weighted by Gasteiger charge is 2.19. The molecule has 0 aromatic heterocycles. The molecule has 0 amide bonds. The Balaban J connectivity index is 1.58. The van der Waals surface area contributed by atoms with Crippen molar-refractivity contribution >= 4 is 15.9 Å². The first kappa shape index (κ1) is 13.7. The van der Waals surface area contributed by atoms with Crippen molar-refractivity contribution in [2.75, 3.05) is 0 Å². The average molecular weight is 332 g/mol. The van der Waals surface area contributed by atoms with Crippen LogP contribution < -0.4 is 10.1 Å². The van der Waals surface area contributed by atoms with E-state index in [9.17, 15) is 0 Å². The van der Waals surface area contributed by atoms with E-state index in [4.69, 9.17) is 4.74 Å². The Bertz CT molecular complexity index is 566. The molecule has 0 unspecified atom stereocenters. The van der Waals surface area contributed by atoms with Crippen molar-refractivity contribution in [2.24, 2.45) is 0 Å². The summed E-state index contributed by atoms with van der Waals surface area (Å²) in [5, 5.41) is 3.52. The Morgan fingerprint density at radius 2 is 1.85 bits per heavy atom. The lowest BCUT2D eigenvalue weighted by atomic mass is 10.2. The van der Waals surface area contributed by atoms with Crippen molar-refractivity contribution in [2.45, 2.75) is 32.0 Å². The lowest BCUT2D eigenvalue weighted by Gasteiger charge is -2.10. The van der Waals surface area contributed by atoms with Gasteiger partial charge in [0.05, 0.1) is 4.47 Å². The highest BCUT2D eigenvalue weighted by atomic mass is 79.9. The fourth-order valence-electron chi connectivity index (χ4n) is 2.06. The van der Waals surface area contributed by atoms with Crippen molar-refractivity contribution in [1.82, 2.24) is 5.32 Å². The van der Waals surface area contributed by atoms with Crippen molar-refractivity contribution in [1.29, 1.82) is 0 Å². The lowest BCUT2D eigenvalue weighted by Crippen LogP contribution is -2.15. The number of hydrogen-bond donors (Lipinski definition) is 1. The summed E-state index contributed by atoms with van der Waals surface area (Å²) in [5.74, 6) is 0.893. The molecule has 104 valence electrons. The normalized spacial score (nSPS) is 14.2. The highest BCUT2D eigenvalue weighted by Crippen LogP contribution is 2.27. The first-order chi connectivity index (χ1) is 9.81.